The summed E-state index contributed by atoms with van der Waals surface area (Å²) in [6, 6.07) is 9.63. The highest BCUT2D eigenvalue weighted by molar-refractivity contribution is 7.92. The lowest BCUT2D eigenvalue weighted by molar-refractivity contribution is -0.235. The molecule has 1 aromatic heterocycles. The largest absolute Gasteiger partial charge is 0.497 e. The highest BCUT2D eigenvalue weighted by Crippen LogP contribution is 2.48. The lowest BCUT2D eigenvalue weighted by Gasteiger charge is -2.55. The number of carbonyl (C=O) groups is 1. The van der Waals surface area contributed by atoms with Gasteiger partial charge in [-0.05, 0) is 36.6 Å². The monoisotopic (exact) mass is 476 g/mol. The summed E-state index contributed by atoms with van der Waals surface area (Å²) < 4.78 is 46.9. The normalized spacial score (nSPS) is 22.8. The number of rotatable bonds is 11. The van der Waals surface area contributed by atoms with E-state index in [-0.39, 0.29) is 36.0 Å². The molecular formula is C23H28N2O7S. The molecule has 1 aromatic carbocycles. The predicted octanol–water partition coefficient (Wildman–Crippen LogP) is 2.12. The number of aromatic nitrogens is 1. The molecule has 1 amide bonds. The molecule has 2 aliphatic rings. The van der Waals surface area contributed by atoms with Gasteiger partial charge in [-0.1, -0.05) is 12.1 Å². The molecule has 0 spiro atoms. The molecule has 0 radical (unpaired) electrons. The maximum Gasteiger partial charge on any atom is 0.260 e. The summed E-state index contributed by atoms with van der Waals surface area (Å²) in [5.74, 6) is 0.360. The first-order valence-electron chi connectivity index (χ1n) is 10.6. The minimum Gasteiger partial charge on any atom is -0.497 e. The second-order valence-electron chi connectivity index (χ2n) is 8.21. The zero-order valence-corrected chi connectivity index (χ0v) is 19.7. The molecule has 9 nitrogen and oxygen atoms in total. The van der Waals surface area contributed by atoms with Crippen molar-refractivity contribution < 1.29 is 32.2 Å². The van der Waals surface area contributed by atoms with Gasteiger partial charge in [-0.15, -0.1) is 0 Å². The number of ether oxygens (including phenoxy) is 4. The molecule has 2 atom stereocenters. The molecule has 1 aliphatic carbocycles. The molecule has 2 heterocycles. The van der Waals surface area contributed by atoms with Crippen molar-refractivity contribution in [1.29, 1.82) is 0 Å². The van der Waals surface area contributed by atoms with E-state index in [9.17, 15) is 13.2 Å². The molecular weight excluding hydrogens is 448 g/mol. The first-order valence-corrected chi connectivity index (χ1v) is 12.2. The van der Waals surface area contributed by atoms with Gasteiger partial charge in [0.15, 0.2) is 15.4 Å². The highest BCUT2D eigenvalue weighted by Gasteiger charge is 2.62. The molecule has 2 fully saturated rings. The van der Waals surface area contributed by atoms with Gasteiger partial charge < -0.3 is 23.8 Å². The van der Waals surface area contributed by atoms with Crippen molar-refractivity contribution in [3.05, 3.63) is 53.9 Å². The fourth-order valence-corrected chi connectivity index (χ4v) is 5.93. The minimum atomic E-state index is -3.31. The number of benzene rings is 1. The van der Waals surface area contributed by atoms with Crippen molar-refractivity contribution in [2.75, 3.05) is 34.9 Å². The van der Waals surface area contributed by atoms with Gasteiger partial charge in [0.05, 0.1) is 23.3 Å². The maximum atomic E-state index is 13.4. The zero-order chi connectivity index (χ0) is 23.6. The van der Waals surface area contributed by atoms with Crippen LogP contribution in [0.25, 0.3) is 0 Å². The van der Waals surface area contributed by atoms with Crippen LogP contribution in [0.3, 0.4) is 0 Å². The third-order valence-corrected chi connectivity index (χ3v) is 8.31. The van der Waals surface area contributed by atoms with Crippen LogP contribution in [0.1, 0.15) is 30.1 Å². The Bertz CT molecular complexity index is 1100. The van der Waals surface area contributed by atoms with Gasteiger partial charge >= 0.3 is 0 Å². The fourth-order valence-electron chi connectivity index (χ4n) is 4.27. The van der Waals surface area contributed by atoms with E-state index in [1.54, 1.807) is 54.6 Å². The average Bonchev–Trinajstić information content (AvgIpc) is 3.68. The Morgan fingerprint density at radius 2 is 1.82 bits per heavy atom. The van der Waals surface area contributed by atoms with Crippen LogP contribution in [-0.2, 0) is 35.3 Å². The standard InChI is InChI=1S/C23H28N2O7S/c1-29-14-25-21(16-4-6-19(7-5-16)33(27,28)20-8-9-20)23(22(25)26,32-15-30-2)13-17-12-18(31-3)10-11-24-17/h4-7,10-12,20-21H,8-9,13-15H2,1-3H3/t21-,23+/m0/s1. The van der Waals surface area contributed by atoms with Gasteiger partial charge in [-0.25, -0.2) is 8.42 Å². The third kappa shape index (κ3) is 4.35. The highest BCUT2D eigenvalue weighted by atomic mass is 32.2. The maximum absolute atomic E-state index is 13.4. The van der Waals surface area contributed by atoms with Crippen LogP contribution < -0.4 is 4.74 Å². The van der Waals surface area contributed by atoms with Gasteiger partial charge in [0.2, 0.25) is 0 Å². The van der Waals surface area contributed by atoms with Gasteiger partial charge in [0.1, 0.15) is 19.3 Å². The summed E-state index contributed by atoms with van der Waals surface area (Å²) in [6.07, 6.45) is 3.19. The Morgan fingerprint density at radius 3 is 2.42 bits per heavy atom. The van der Waals surface area contributed by atoms with E-state index < -0.39 is 21.5 Å². The number of β-lactam (4-membered cyclic amide) rings is 1. The van der Waals surface area contributed by atoms with E-state index >= 15 is 0 Å². The smallest absolute Gasteiger partial charge is 0.260 e. The second kappa shape index (κ2) is 9.38. The van der Waals surface area contributed by atoms with Crippen molar-refractivity contribution in [3.63, 3.8) is 0 Å². The predicted molar refractivity (Wildman–Crippen MR) is 118 cm³/mol. The number of pyridine rings is 1. The molecule has 1 saturated heterocycles. The van der Waals surface area contributed by atoms with Crippen LogP contribution >= 0.6 is 0 Å². The summed E-state index contributed by atoms with van der Waals surface area (Å²) in [4.78, 5) is 19.6. The molecule has 178 valence electrons. The third-order valence-electron chi connectivity index (χ3n) is 6.03. The van der Waals surface area contributed by atoms with E-state index in [2.05, 4.69) is 4.98 Å². The first-order chi connectivity index (χ1) is 15.9. The van der Waals surface area contributed by atoms with E-state index in [1.807, 2.05) is 0 Å². The van der Waals surface area contributed by atoms with Gasteiger partial charge in [-0.3, -0.25) is 9.78 Å². The molecule has 4 rings (SSSR count). The Hall–Kier alpha value is -2.53. The summed E-state index contributed by atoms with van der Waals surface area (Å²) in [5.41, 5.74) is 0.0688. The molecule has 33 heavy (non-hydrogen) atoms. The number of hydrogen-bond donors (Lipinski definition) is 0. The zero-order valence-electron chi connectivity index (χ0n) is 18.9. The lowest BCUT2D eigenvalue weighted by atomic mass is 9.75. The van der Waals surface area contributed by atoms with E-state index in [0.29, 0.717) is 24.3 Å². The molecule has 1 saturated carbocycles. The number of sulfone groups is 1. The topological polar surface area (TPSA) is 104 Å². The first kappa shape index (κ1) is 23.6. The van der Waals surface area contributed by atoms with Gasteiger partial charge in [0.25, 0.3) is 5.91 Å². The van der Waals surface area contributed by atoms with Gasteiger partial charge in [-0.2, -0.15) is 0 Å². The SMILES string of the molecule is COCO[C@@]1(Cc2cc(OC)ccn2)C(=O)N(COC)[C@H]1c1ccc(S(=O)(=O)C2CC2)cc1. The second-order valence-corrected chi connectivity index (χ2v) is 10.4. The van der Waals surface area contributed by atoms with E-state index in [4.69, 9.17) is 18.9 Å². The van der Waals surface area contributed by atoms with Crippen LogP contribution in [-0.4, -0.2) is 69.9 Å². The van der Waals surface area contributed by atoms with Crippen molar-refractivity contribution >= 4 is 15.7 Å². The van der Waals surface area contributed by atoms with Crippen molar-refractivity contribution in [1.82, 2.24) is 9.88 Å². The molecule has 0 N–H and O–H groups in total. The Morgan fingerprint density at radius 1 is 1.09 bits per heavy atom. The molecule has 0 bridgehead atoms. The van der Waals surface area contributed by atoms with Crippen LogP contribution in [0.15, 0.2) is 47.5 Å². The van der Waals surface area contributed by atoms with Crippen LogP contribution in [0.5, 0.6) is 5.75 Å². The quantitative estimate of drug-likeness (QED) is 0.359. The number of methoxy groups -OCH3 is 3. The number of hydrogen-bond acceptors (Lipinski definition) is 8. The van der Waals surface area contributed by atoms with E-state index in [0.717, 1.165) is 5.56 Å². The van der Waals surface area contributed by atoms with E-state index in [1.165, 1.54) is 14.2 Å². The number of nitrogens with zero attached hydrogens (tertiary/aromatic N) is 2. The number of amides is 1. The Balaban J connectivity index is 1.71. The minimum absolute atomic E-state index is 0.0647. The van der Waals surface area contributed by atoms with Gasteiger partial charge in [0, 0.05) is 38.6 Å². The Labute approximate surface area is 193 Å². The van der Waals surface area contributed by atoms with Crippen LogP contribution in [0.4, 0.5) is 0 Å². The summed E-state index contributed by atoms with van der Waals surface area (Å²) >= 11 is 0. The molecule has 2 aromatic rings. The number of likely N-dealkylation sites (tertiary alicyclic amines) is 1. The van der Waals surface area contributed by atoms with Crippen LogP contribution in [0, 0.1) is 0 Å². The summed E-state index contributed by atoms with van der Waals surface area (Å²) in [5, 5.41) is -0.290. The molecule has 1 aliphatic heterocycles. The lowest BCUT2D eigenvalue weighted by Crippen LogP contribution is -2.71. The Kier molecular flexibility index (Phi) is 6.71. The summed E-state index contributed by atoms with van der Waals surface area (Å²) in [6.45, 7) is -0.0313. The average molecular weight is 477 g/mol. The van der Waals surface area contributed by atoms with Crippen molar-refractivity contribution in [2.45, 2.75) is 41.1 Å². The summed E-state index contributed by atoms with van der Waals surface area (Å²) in [7, 11) is 1.25. The van der Waals surface area contributed by atoms with Crippen molar-refractivity contribution in [3.8, 4) is 5.75 Å². The molecule has 10 heteroatoms. The molecule has 0 unspecified atom stereocenters. The van der Waals surface area contributed by atoms with Crippen molar-refractivity contribution in [2.24, 2.45) is 0 Å². The van der Waals surface area contributed by atoms with Crippen LogP contribution in [0.2, 0.25) is 0 Å². The fraction of sp³-hybridized carbons (Fsp3) is 0.478. The number of carbonyl (C=O) groups excluding carboxylic acids is 1.